The number of urea groups is 1. The zero-order chi connectivity index (χ0) is 18.8. The first kappa shape index (κ1) is 17.3. The summed E-state index contributed by atoms with van der Waals surface area (Å²) in [5.41, 5.74) is 2.79. The minimum absolute atomic E-state index is 0.0651. The fourth-order valence-corrected chi connectivity index (χ4v) is 3.52. The number of benzene rings is 1. The van der Waals surface area contributed by atoms with Gasteiger partial charge in [0, 0.05) is 30.4 Å². The van der Waals surface area contributed by atoms with Crippen molar-refractivity contribution in [2.75, 3.05) is 18.0 Å². The van der Waals surface area contributed by atoms with Gasteiger partial charge in [0.05, 0.1) is 11.4 Å². The van der Waals surface area contributed by atoms with E-state index >= 15 is 0 Å². The molecule has 3 heterocycles. The van der Waals surface area contributed by atoms with Gasteiger partial charge < -0.3 is 10.2 Å². The Balaban J connectivity index is 1.74. The zero-order valence-corrected chi connectivity index (χ0v) is 15.3. The molecule has 6 heteroatoms. The van der Waals surface area contributed by atoms with E-state index in [0.29, 0.717) is 11.5 Å². The van der Waals surface area contributed by atoms with Crippen molar-refractivity contribution in [1.82, 2.24) is 15.2 Å². The largest absolute Gasteiger partial charge is 0.339 e. The number of fused-ring (bicyclic) bond motifs is 1. The maximum atomic E-state index is 12.8. The smallest absolute Gasteiger partial charge is 0.332 e. The van der Waals surface area contributed by atoms with E-state index in [4.69, 9.17) is 0 Å². The molecule has 2 aromatic rings. The Morgan fingerprint density at radius 1 is 1.07 bits per heavy atom. The van der Waals surface area contributed by atoms with Crippen LogP contribution in [0.5, 0.6) is 0 Å². The minimum atomic E-state index is -0.315. The minimum Gasteiger partial charge on any atom is -0.339 e. The summed E-state index contributed by atoms with van der Waals surface area (Å²) in [5.74, 6) is 0.479. The van der Waals surface area contributed by atoms with E-state index < -0.39 is 0 Å². The number of para-hydroxylation sites is 1. The van der Waals surface area contributed by atoms with Crippen molar-refractivity contribution in [1.29, 1.82) is 0 Å². The van der Waals surface area contributed by atoms with Crippen LogP contribution in [0.15, 0.2) is 48.5 Å². The highest BCUT2D eigenvalue weighted by Gasteiger charge is 2.30. The number of nitrogens with one attached hydrogen (secondary N) is 1. The number of carbonyl (C=O) groups excluding carboxylic acids is 2. The summed E-state index contributed by atoms with van der Waals surface area (Å²) >= 11 is 0. The van der Waals surface area contributed by atoms with Crippen LogP contribution >= 0.6 is 0 Å². The van der Waals surface area contributed by atoms with Crippen LogP contribution < -0.4 is 10.2 Å². The molecule has 2 aliphatic heterocycles. The standard InChI is InChI=1S/C21H22N4O2/c1-15-10-11-17-18(14-19(26)24-12-6-3-7-13-24)23-21(27)25(20(17)22-15)16-8-4-2-5-9-16/h2,4-5,8-11,14H,3,6-7,12-13H2,1H3,(H,23,27)/b18-14-. The van der Waals surface area contributed by atoms with E-state index in [-0.39, 0.29) is 11.9 Å². The summed E-state index contributed by atoms with van der Waals surface area (Å²) in [4.78, 5) is 33.5. The summed E-state index contributed by atoms with van der Waals surface area (Å²) in [6.07, 6.45) is 4.75. The monoisotopic (exact) mass is 362 g/mol. The van der Waals surface area contributed by atoms with Gasteiger partial charge in [-0.2, -0.15) is 0 Å². The maximum absolute atomic E-state index is 12.8. The van der Waals surface area contributed by atoms with Gasteiger partial charge in [0.25, 0.3) is 0 Å². The van der Waals surface area contributed by atoms with E-state index in [0.717, 1.165) is 49.3 Å². The topological polar surface area (TPSA) is 65.5 Å². The first-order valence-electron chi connectivity index (χ1n) is 9.28. The molecule has 0 radical (unpaired) electrons. The number of aromatic nitrogens is 1. The number of rotatable bonds is 2. The number of hydrogen-bond donors (Lipinski definition) is 1. The molecule has 138 valence electrons. The number of pyridine rings is 1. The zero-order valence-electron chi connectivity index (χ0n) is 15.3. The molecule has 0 unspecified atom stereocenters. The maximum Gasteiger partial charge on any atom is 0.332 e. The number of piperidine rings is 1. The second kappa shape index (κ2) is 7.23. The average molecular weight is 362 g/mol. The lowest BCUT2D eigenvalue weighted by molar-refractivity contribution is -0.126. The summed E-state index contributed by atoms with van der Waals surface area (Å²) in [6.45, 7) is 3.43. The SMILES string of the molecule is Cc1ccc2c(n1)N(c1ccccc1)C(=O)N/C2=C\C(=O)N1CCCCC1. The highest BCUT2D eigenvalue weighted by molar-refractivity contribution is 6.11. The average Bonchev–Trinajstić information content (AvgIpc) is 2.69. The molecule has 1 aromatic carbocycles. The number of carbonyl (C=O) groups is 2. The first-order valence-corrected chi connectivity index (χ1v) is 9.28. The quantitative estimate of drug-likeness (QED) is 0.830. The number of hydrogen-bond acceptors (Lipinski definition) is 3. The molecule has 1 aromatic heterocycles. The lowest BCUT2D eigenvalue weighted by Crippen LogP contribution is -2.42. The van der Waals surface area contributed by atoms with Gasteiger partial charge in [0.15, 0.2) is 5.82 Å². The third kappa shape index (κ3) is 3.43. The highest BCUT2D eigenvalue weighted by atomic mass is 16.2. The molecule has 1 saturated heterocycles. The molecule has 0 aliphatic carbocycles. The molecule has 0 bridgehead atoms. The molecule has 2 aliphatic rings. The van der Waals surface area contributed by atoms with Crippen molar-refractivity contribution >= 4 is 29.1 Å². The summed E-state index contributed by atoms with van der Waals surface area (Å²) in [6, 6.07) is 12.9. The van der Waals surface area contributed by atoms with Crippen molar-refractivity contribution in [3.8, 4) is 0 Å². The number of aryl methyl sites for hydroxylation is 1. The van der Waals surface area contributed by atoms with Crippen LogP contribution in [0.3, 0.4) is 0 Å². The van der Waals surface area contributed by atoms with Gasteiger partial charge in [-0.3, -0.25) is 4.79 Å². The molecule has 1 N–H and O–H groups in total. The van der Waals surface area contributed by atoms with Gasteiger partial charge >= 0.3 is 6.03 Å². The Kier molecular flexibility index (Phi) is 4.62. The Bertz CT molecular complexity index is 902. The Morgan fingerprint density at radius 2 is 1.81 bits per heavy atom. The van der Waals surface area contributed by atoms with Gasteiger partial charge in [0.2, 0.25) is 5.91 Å². The fourth-order valence-electron chi connectivity index (χ4n) is 3.52. The normalized spacial score (nSPS) is 18.3. The van der Waals surface area contributed by atoms with Crippen LogP contribution in [0.25, 0.3) is 5.70 Å². The second-order valence-electron chi connectivity index (χ2n) is 6.87. The van der Waals surface area contributed by atoms with Gasteiger partial charge in [-0.1, -0.05) is 18.2 Å². The molecular weight excluding hydrogens is 340 g/mol. The van der Waals surface area contributed by atoms with Gasteiger partial charge in [-0.05, 0) is 50.5 Å². The lowest BCUT2D eigenvalue weighted by atomic mass is 10.1. The van der Waals surface area contributed by atoms with Crippen molar-refractivity contribution in [3.63, 3.8) is 0 Å². The molecule has 1 fully saturated rings. The molecule has 0 spiro atoms. The fraction of sp³-hybridized carbons (Fsp3) is 0.286. The number of likely N-dealkylation sites (tertiary alicyclic amines) is 1. The summed E-state index contributed by atoms with van der Waals surface area (Å²) in [5, 5.41) is 2.87. The predicted octanol–water partition coefficient (Wildman–Crippen LogP) is 3.60. The van der Waals surface area contributed by atoms with Crippen LogP contribution in [-0.2, 0) is 4.79 Å². The second-order valence-corrected chi connectivity index (χ2v) is 6.87. The van der Waals surface area contributed by atoms with Crippen LogP contribution in [0.1, 0.15) is 30.5 Å². The molecule has 0 atom stereocenters. The van der Waals surface area contributed by atoms with E-state index in [1.54, 1.807) is 4.90 Å². The van der Waals surface area contributed by atoms with Crippen molar-refractivity contribution < 1.29 is 9.59 Å². The van der Waals surface area contributed by atoms with Gasteiger partial charge in [0.1, 0.15) is 0 Å². The summed E-state index contributed by atoms with van der Waals surface area (Å²) < 4.78 is 0. The highest BCUT2D eigenvalue weighted by Crippen LogP contribution is 2.34. The summed E-state index contributed by atoms with van der Waals surface area (Å²) in [7, 11) is 0. The predicted molar refractivity (Wildman–Crippen MR) is 104 cm³/mol. The Morgan fingerprint density at radius 3 is 2.56 bits per heavy atom. The molecule has 6 nitrogen and oxygen atoms in total. The number of nitrogens with zero attached hydrogens (tertiary/aromatic N) is 3. The number of amides is 3. The lowest BCUT2D eigenvalue weighted by Gasteiger charge is -2.31. The molecule has 3 amide bonds. The van der Waals surface area contributed by atoms with Crippen LogP contribution in [0.4, 0.5) is 16.3 Å². The third-order valence-electron chi connectivity index (χ3n) is 4.91. The molecular formula is C21H22N4O2. The molecule has 4 rings (SSSR count). The van der Waals surface area contributed by atoms with E-state index in [9.17, 15) is 9.59 Å². The van der Waals surface area contributed by atoms with Crippen molar-refractivity contribution in [2.45, 2.75) is 26.2 Å². The van der Waals surface area contributed by atoms with Crippen molar-refractivity contribution in [3.05, 3.63) is 59.8 Å². The molecule has 27 heavy (non-hydrogen) atoms. The number of anilines is 2. The third-order valence-corrected chi connectivity index (χ3v) is 4.91. The van der Waals surface area contributed by atoms with E-state index in [1.165, 1.54) is 6.08 Å². The Hall–Kier alpha value is -3.15. The van der Waals surface area contributed by atoms with E-state index in [1.807, 2.05) is 54.3 Å². The Labute approximate surface area is 158 Å². The van der Waals surface area contributed by atoms with Crippen LogP contribution in [-0.4, -0.2) is 34.9 Å². The van der Waals surface area contributed by atoms with Gasteiger partial charge in [-0.25, -0.2) is 14.7 Å². The van der Waals surface area contributed by atoms with Crippen molar-refractivity contribution in [2.24, 2.45) is 0 Å². The van der Waals surface area contributed by atoms with Gasteiger partial charge in [-0.15, -0.1) is 0 Å². The van der Waals surface area contributed by atoms with E-state index in [2.05, 4.69) is 10.3 Å². The first-order chi connectivity index (χ1) is 13.1. The van der Waals surface area contributed by atoms with Crippen LogP contribution in [0.2, 0.25) is 0 Å². The molecule has 0 saturated carbocycles. The van der Waals surface area contributed by atoms with Crippen LogP contribution in [0, 0.1) is 6.92 Å².